The van der Waals surface area contributed by atoms with Gasteiger partial charge in [0.25, 0.3) is 0 Å². The normalized spacial score (nSPS) is 10.6. The fourth-order valence-corrected chi connectivity index (χ4v) is 1.32. The van der Waals surface area contributed by atoms with Gasteiger partial charge in [-0.25, -0.2) is 0 Å². The molecule has 0 fully saturated rings. The summed E-state index contributed by atoms with van der Waals surface area (Å²) >= 11 is 0. The van der Waals surface area contributed by atoms with E-state index in [4.69, 9.17) is 9.47 Å². The first-order valence-electron chi connectivity index (χ1n) is 4.81. The number of nitrogens with one attached hydrogen (secondary N) is 1. The highest BCUT2D eigenvalue weighted by Gasteiger charge is 2.01. The summed E-state index contributed by atoms with van der Waals surface area (Å²) < 4.78 is 10.3. The van der Waals surface area contributed by atoms with Gasteiger partial charge in [-0.1, -0.05) is 6.07 Å². The van der Waals surface area contributed by atoms with Gasteiger partial charge in [-0.2, -0.15) is 0 Å². The Labute approximate surface area is 90.7 Å². The zero-order valence-corrected chi connectivity index (χ0v) is 9.41. The predicted molar refractivity (Wildman–Crippen MR) is 61.8 cm³/mol. The average molecular weight is 207 g/mol. The van der Waals surface area contributed by atoms with Crippen molar-refractivity contribution in [2.75, 3.05) is 21.3 Å². The first-order chi connectivity index (χ1) is 7.31. The van der Waals surface area contributed by atoms with E-state index in [0.717, 1.165) is 16.9 Å². The van der Waals surface area contributed by atoms with Crippen LogP contribution in [0.5, 0.6) is 5.75 Å². The van der Waals surface area contributed by atoms with Crippen LogP contribution in [-0.2, 0) is 11.3 Å². The van der Waals surface area contributed by atoms with Crippen LogP contribution in [-0.4, -0.2) is 21.3 Å². The van der Waals surface area contributed by atoms with Crippen LogP contribution in [0.25, 0.3) is 6.08 Å². The topological polar surface area (TPSA) is 30.5 Å². The van der Waals surface area contributed by atoms with E-state index in [9.17, 15) is 0 Å². The number of methoxy groups -OCH3 is 2. The lowest BCUT2D eigenvalue weighted by Crippen LogP contribution is -1.95. The molecule has 0 aliphatic rings. The molecule has 0 aromatic heterocycles. The Morgan fingerprint density at radius 3 is 2.73 bits per heavy atom. The molecule has 0 unspecified atom stereocenters. The maximum atomic E-state index is 5.17. The van der Waals surface area contributed by atoms with Crippen LogP contribution in [0.4, 0.5) is 0 Å². The molecule has 0 bridgehead atoms. The molecule has 0 saturated heterocycles. The minimum Gasteiger partial charge on any atom is -0.497 e. The Hall–Kier alpha value is -1.48. The van der Waals surface area contributed by atoms with Crippen LogP contribution in [0.15, 0.2) is 24.4 Å². The lowest BCUT2D eigenvalue weighted by atomic mass is 10.1. The lowest BCUT2D eigenvalue weighted by molar-refractivity contribution is 0.184. The van der Waals surface area contributed by atoms with Gasteiger partial charge in [0.2, 0.25) is 0 Å². The molecule has 0 saturated carbocycles. The van der Waals surface area contributed by atoms with Crippen LogP contribution in [0.2, 0.25) is 0 Å². The monoisotopic (exact) mass is 207 g/mol. The molecule has 0 spiro atoms. The fourth-order valence-electron chi connectivity index (χ4n) is 1.32. The molecule has 1 rings (SSSR count). The number of hydrogen-bond donors (Lipinski definition) is 1. The maximum Gasteiger partial charge on any atom is 0.119 e. The van der Waals surface area contributed by atoms with E-state index < -0.39 is 0 Å². The van der Waals surface area contributed by atoms with Gasteiger partial charge < -0.3 is 14.8 Å². The minimum absolute atomic E-state index is 0.605. The van der Waals surface area contributed by atoms with Crippen molar-refractivity contribution in [2.24, 2.45) is 0 Å². The summed E-state index contributed by atoms with van der Waals surface area (Å²) in [6, 6.07) is 5.94. The molecule has 0 atom stereocenters. The third-order valence-corrected chi connectivity index (χ3v) is 2.08. The maximum absolute atomic E-state index is 5.17. The molecule has 82 valence electrons. The van der Waals surface area contributed by atoms with Crippen molar-refractivity contribution in [1.29, 1.82) is 0 Å². The first kappa shape index (κ1) is 11.6. The standard InChI is InChI=1S/C12H17NO2/c1-13-7-6-10-8-12(15-3)5-4-11(10)9-14-2/h4-8,13H,9H2,1-3H3/b7-6-. The van der Waals surface area contributed by atoms with Gasteiger partial charge >= 0.3 is 0 Å². The largest absolute Gasteiger partial charge is 0.497 e. The lowest BCUT2D eigenvalue weighted by Gasteiger charge is -2.07. The number of rotatable bonds is 5. The van der Waals surface area contributed by atoms with E-state index in [1.807, 2.05) is 37.5 Å². The Balaban J connectivity index is 2.99. The Morgan fingerprint density at radius 1 is 1.33 bits per heavy atom. The van der Waals surface area contributed by atoms with Crippen LogP contribution < -0.4 is 10.1 Å². The quantitative estimate of drug-likeness (QED) is 0.801. The summed E-state index contributed by atoms with van der Waals surface area (Å²) in [5, 5.41) is 2.96. The van der Waals surface area contributed by atoms with E-state index in [-0.39, 0.29) is 0 Å². The van der Waals surface area contributed by atoms with E-state index >= 15 is 0 Å². The zero-order valence-electron chi connectivity index (χ0n) is 9.41. The predicted octanol–water partition coefficient (Wildman–Crippen LogP) is 2.03. The number of ether oxygens (including phenoxy) is 2. The van der Waals surface area contributed by atoms with Crippen molar-refractivity contribution in [2.45, 2.75) is 6.61 Å². The SMILES string of the molecule is CN/C=C\c1cc(OC)ccc1COC. The minimum atomic E-state index is 0.605. The Bertz CT molecular complexity index is 334. The van der Waals surface area contributed by atoms with Crippen molar-refractivity contribution in [3.05, 3.63) is 35.5 Å². The molecule has 15 heavy (non-hydrogen) atoms. The molecule has 0 radical (unpaired) electrons. The second kappa shape index (κ2) is 6.09. The van der Waals surface area contributed by atoms with Crippen LogP contribution in [0, 0.1) is 0 Å². The fraction of sp³-hybridized carbons (Fsp3) is 0.333. The third kappa shape index (κ3) is 3.29. The smallest absolute Gasteiger partial charge is 0.119 e. The van der Waals surface area contributed by atoms with Crippen molar-refractivity contribution in [1.82, 2.24) is 5.32 Å². The highest BCUT2D eigenvalue weighted by molar-refractivity contribution is 5.56. The highest BCUT2D eigenvalue weighted by atomic mass is 16.5. The van der Waals surface area contributed by atoms with E-state index in [0.29, 0.717) is 6.61 Å². The van der Waals surface area contributed by atoms with E-state index in [1.165, 1.54) is 0 Å². The van der Waals surface area contributed by atoms with Crippen molar-refractivity contribution in [3.63, 3.8) is 0 Å². The van der Waals surface area contributed by atoms with E-state index in [2.05, 4.69) is 5.32 Å². The van der Waals surface area contributed by atoms with Crippen molar-refractivity contribution in [3.8, 4) is 5.75 Å². The Kier molecular flexibility index (Phi) is 4.71. The second-order valence-corrected chi connectivity index (χ2v) is 3.12. The van der Waals surface area contributed by atoms with Crippen molar-refractivity contribution < 1.29 is 9.47 Å². The zero-order chi connectivity index (χ0) is 11.1. The summed E-state index contributed by atoms with van der Waals surface area (Å²) in [6.45, 7) is 0.605. The molecule has 0 heterocycles. The molecule has 0 aliphatic heterocycles. The van der Waals surface area contributed by atoms with Gasteiger partial charge in [0, 0.05) is 14.2 Å². The molecule has 1 aromatic rings. The molecule has 3 heteroatoms. The number of hydrogen-bond acceptors (Lipinski definition) is 3. The van der Waals surface area contributed by atoms with Crippen molar-refractivity contribution >= 4 is 6.08 Å². The summed E-state index contributed by atoms with van der Waals surface area (Å²) in [5.74, 6) is 0.852. The van der Waals surface area contributed by atoms with Crippen LogP contribution in [0.1, 0.15) is 11.1 Å². The van der Waals surface area contributed by atoms with Gasteiger partial charge in [0.15, 0.2) is 0 Å². The second-order valence-electron chi connectivity index (χ2n) is 3.12. The number of benzene rings is 1. The van der Waals surface area contributed by atoms with Gasteiger partial charge in [0.05, 0.1) is 13.7 Å². The summed E-state index contributed by atoms with van der Waals surface area (Å²) in [7, 11) is 5.22. The summed E-state index contributed by atoms with van der Waals surface area (Å²) in [5.41, 5.74) is 2.25. The Morgan fingerprint density at radius 2 is 2.13 bits per heavy atom. The van der Waals surface area contributed by atoms with E-state index in [1.54, 1.807) is 14.2 Å². The molecule has 3 nitrogen and oxygen atoms in total. The van der Waals surface area contributed by atoms with Gasteiger partial charge in [-0.15, -0.1) is 0 Å². The van der Waals surface area contributed by atoms with Crippen LogP contribution >= 0.6 is 0 Å². The molecule has 1 aromatic carbocycles. The highest BCUT2D eigenvalue weighted by Crippen LogP contribution is 2.19. The molecular weight excluding hydrogens is 190 g/mol. The molecular formula is C12H17NO2. The van der Waals surface area contributed by atoms with Crippen LogP contribution in [0.3, 0.4) is 0 Å². The third-order valence-electron chi connectivity index (χ3n) is 2.08. The van der Waals surface area contributed by atoms with Gasteiger partial charge in [0.1, 0.15) is 5.75 Å². The first-order valence-corrected chi connectivity index (χ1v) is 4.81. The summed E-state index contributed by atoms with van der Waals surface area (Å²) in [4.78, 5) is 0. The van der Waals surface area contributed by atoms with Gasteiger partial charge in [-0.05, 0) is 35.5 Å². The van der Waals surface area contributed by atoms with Gasteiger partial charge in [-0.3, -0.25) is 0 Å². The summed E-state index contributed by atoms with van der Waals surface area (Å²) in [6.07, 6.45) is 3.88. The molecule has 0 aliphatic carbocycles. The molecule has 1 N–H and O–H groups in total. The average Bonchev–Trinajstić information content (AvgIpc) is 2.28. The molecule has 0 amide bonds.